The molecule has 0 rings (SSSR count). The van der Waals surface area contributed by atoms with Gasteiger partial charge in [-0.05, 0) is 63.9 Å². The highest BCUT2D eigenvalue weighted by molar-refractivity contribution is 7.47. The molecule has 0 aliphatic heterocycles. The van der Waals surface area contributed by atoms with Crippen molar-refractivity contribution in [2.45, 2.75) is 264 Å². The minimum atomic E-state index is -4.44. The molecule has 0 fully saturated rings. The first-order valence-corrected chi connectivity index (χ1v) is 29.5. The second kappa shape index (κ2) is 47.6. The highest BCUT2D eigenvalue weighted by Crippen LogP contribution is 2.43. The lowest BCUT2D eigenvalue weighted by atomic mass is 10.0. The van der Waals surface area contributed by atoms with Crippen LogP contribution >= 0.6 is 7.82 Å². The second-order valence-electron chi connectivity index (χ2n) is 20.1. The quantitative estimate of drug-likeness (QED) is 0.0205. The number of nitrogens with zero attached hydrogens (tertiary/aromatic N) is 1. The Bertz CT molecular complexity index is 1290. The zero-order chi connectivity index (χ0) is 49.4. The molecule has 10 heteroatoms. The van der Waals surface area contributed by atoms with Gasteiger partial charge in [-0.25, -0.2) is 4.57 Å². The number of amides is 1. The van der Waals surface area contributed by atoms with Gasteiger partial charge in [-0.15, -0.1) is 0 Å². The minimum Gasteiger partial charge on any atom is -0.456 e. The Morgan fingerprint density at radius 2 is 0.955 bits per heavy atom. The van der Waals surface area contributed by atoms with Crippen LogP contribution in [-0.4, -0.2) is 74.3 Å². The van der Waals surface area contributed by atoms with Gasteiger partial charge in [0.05, 0.1) is 33.8 Å². The molecule has 0 saturated carbocycles. The van der Waals surface area contributed by atoms with E-state index in [0.29, 0.717) is 23.9 Å². The lowest BCUT2D eigenvalue weighted by Gasteiger charge is -2.27. The van der Waals surface area contributed by atoms with Crippen molar-refractivity contribution in [2.24, 2.45) is 0 Å². The van der Waals surface area contributed by atoms with Crippen molar-refractivity contribution in [1.82, 2.24) is 5.32 Å². The van der Waals surface area contributed by atoms with E-state index >= 15 is 0 Å². The number of unbranched alkanes of at least 4 members (excludes halogenated alkanes) is 28. The first-order chi connectivity index (χ1) is 32.4. The fraction of sp³-hybridized carbons (Fsp3) is 0.825. The van der Waals surface area contributed by atoms with Crippen LogP contribution in [0.15, 0.2) is 48.6 Å². The van der Waals surface area contributed by atoms with Crippen LogP contribution in [0.25, 0.3) is 0 Å². The van der Waals surface area contributed by atoms with Crippen molar-refractivity contribution in [3.8, 4) is 0 Å². The van der Waals surface area contributed by atoms with Gasteiger partial charge in [-0.2, -0.15) is 0 Å². The molecule has 0 aromatic carbocycles. The summed E-state index contributed by atoms with van der Waals surface area (Å²) in [7, 11) is 1.49. The van der Waals surface area contributed by atoms with Crippen LogP contribution in [0.3, 0.4) is 0 Å². The number of carbonyl (C=O) groups excluding carboxylic acids is 2. The molecular weight excluding hydrogens is 856 g/mol. The third kappa shape index (κ3) is 48.8. The van der Waals surface area contributed by atoms with Gasteiger partial charge in [0.1, 0.15) is 19.3 Å². The number of hydrogen-bond donors (Lipinski definition) is 2. The Morgan fingerprint density at radius 3 is 1.43 bits per heavy atom. The summed E-state index contributed by atoms with van der Waals surface area (Å²) < 4.78 is 30.5. The highest BCUT2D eigenvalue weighted by atomic mass is 31.2. The molecule has 1 amide bonds. The Balaban J connectivity index is 5.35. The molecule has 0 saturated heterocycles. The normalized spacial score (nSPS) is 14.2. The standard InChI is InChI=1S/C57H107N2O7P/c1-7-10-13-16-19-22-25-27-29-30-31-34-37-40-43-46-49-56(60)58-54(53-65-67(62,63)64-52-51-59(4,5)6)55(48-45-42-39-36-33-24-21-18-15-12-9-3)66-57(61)50-47-44-41-38-35-32-28-26-23-20-17-14-11-8-2/h11,14,20,23,28,32,45,48,54-55H,7-10,12-13,15-19,21-22,24-27,29-31,33-44,46-47,49-53H2,1-6H3,(H-,58,60,62,63)/p+1/b14-11+,23-20+,32-28+,48-45+. The van der Waals surface area contributed by atoms with E-state index in [1.807, 2.05) is 33.3 Å². The maximum absolute atomic E-state index is 13.5. The van der Waals surface area contributed by atoms with Gasteiger partial charge in [-0.3, -0.25) is 18.6 Å². The molecule has 0 bridgehead atoms. The molecule has 0 aromatic rings. The maximum atomic E-state index is 13.5. The first kappa shape index (κ1) is 65.0. The molecule has 3 atom stereocenters. The number of esters is 1. The number of phosphoric ester groups is 1. The summed E-state index contributed by atoms with van der Waals surface area (Å²) in [6, 6.07) is -0.853. The summed E-state index contributed by atoms with van der Waals surface area (Å²) in [6.07, 6.45) is 56.7. The Morgan fingerprint density at radius 1 is 0.537 bits per heavy atom. The number of quaternary nitrogens is 1. The van der Waals surface area contributed by atoms with Crippen LogP contribution < -0.4 is 5.32 Å². The molecule has 67 heavy (non-hydrogen) atoms. The van der Waals surface area contributed by atoms with E-state index in [1.54, 1.807) is 0 Å². The zero-order valence-electron chi connectivity index (χ0n) is 44.6. The zero-order valence-corrected chi connectivity index (χ0v) is 45.5. The molecule has 0 heterocycles. The van der Waals surface area contributed by atoms with Gasteiger partial charge >= 0.3 is 13.8 Å². The highest BCUT2D eigenvalue weighted by Gasteiger charge is 2.30. The van der Waals surface area contributed by atoms with Gasteiger partial charge in [0.2, 0.25) is 5.91 Å². The number of hydrogen-bond acceptors (Lipinski definition) is 6. The topological polar surface area (TPSA) is 111 Å². The van der Waals surface area contributed by atoms with Crippen molar-refractivity contribution >= 4 is 19.7 Å². The number of nitrogens with one attached hydrogen (secondary N) is 1. The molecule has 0 radical (unpaired) electrons. The summed E-state index contributed by atoms with van der Waals surface area (Å²) in [4.78, 5) is 37.5. The SMILES string of the molecule is CC/C=C/C/C=C/C/C=C/CCCCCCC(=O)OC(/C=C/CCCCCCCCCCC)C(COP(=O)(O)OCC[N+](C)(C)C)NC(=O)CCCCCCCCCCCCCCCCCC. The van der Waals surface area contributed by atoms with Crippen molar-refractivity contribution in [2.75, 3.05) is 40.9 Å². The molecule has 2 N–H and O–H groups in total. The summed E-state index contributed by atoms with van der Waals surface area (Å²) in [5.41, 5.74) is 0. The maximum Gasteiger partial charge on any atom is 0.472 e. The van der Waals surface area contributed by atoms with Crippen molar-refractivity contribution in [3.63, 3.8) is 0 Å². The van der Waals surface area contributed by atoms with Crippen molar-refractivity contribution < 1.29 is 37.3 Å². The van der Waals surface area contributed by atoms with Crippen molar-refractivity contribution in [3.05, 3.63) is 48.6 Å². The summed E-state index contributed by atoms with van der Waals surface area (Å²) >= 11 is 0. The van der Waals surface area contributed by atoms with E-state index in [1.165, 1.54) is 128 Å². The van der Waals surface area contributed by atoms with E-state index in [4.69, 9.17) is 13.8 Å². The monoisotopic (exact) mass is 964 g/mol. The molecule has 0 aliphatic rings. The Hall–Kier alpha value is -2.03. The van der Waals surface area contributed by atoms with Gasteiger partial charge in [-0.1, -0.05) is 224 Å². The molecule has 0 spiro atoms. The number of rotatable bonds is 50. The summed E-state index contributed by atoms with van der Waals surface area (Å²) in [6.45, 7) is 6.88. The smallest absolute Gasteiger partial charge is 0.456 e. The largest absolute Gasteiger partial charge is 0.472 e. The summed E-state index contributed by atoms with van der Waals surface area (Å²) in [5, 5.41) is 3.04. The second-order valence-corrected chi connectivity index (χ2v) is 21.5. The predicted octanol–water partition coefficient (Wildman–Crippen LogP) is 16.6. The van der Waals surface area contributed by atoms with E-state index in [0.717, 1.165) is 83.5 Å². The number of likely N-dealkylation sites (N-methyl/N-ethyl adjacent to an activating group) is 1. The van der Waals surface area contributed by atoms with E-state index < -0.39 is 20.0 Å². The lowest BCUT2D eigenvalue weighted by Crippen LogP contribution is -2.47. The van der Waals surface area contributed by atoms with Crippen LogP contribution in [0.1, 0.15) is 252 Å². The van der Waals surface area contributed by atoms with Gasteiger partial charge in [0.15, 0.2) is 0 Å². The fourth-order valence-corrected chi connectivity index (χ4v) is 8.69. The van der Waals surface area contributed by atoms with Crippen LogP contribution in [0.4, 0.5) is 0 Å². The number of phosphoric acid groups is 1. The van der Waals surface area contributed by atoms with E-state index in [2.05, 4.69) is 62.5 Å². The van der Waals surface area contributed by atoms with Crippen LogP contribution in [0.5, 0.6) is 0 Å². The van der Waals surface area contributed by atoms with Gasteiger partial charge in [0.25, 0.3) is 0 Å². The summed E-state index contributed by atoms with van der Waals surface area (Å²) in [5.74, 6) is -0.526. The van der Waals surface area contributed by atoms with Crippen LogP contribution in [0.2, 0.25) is 0 Å². The fourth-order valence-electron chi connectivity index (χ4n) is 7.95. The van der Waals surface area contributed by atoms with Gasteiger partial charge < -0.3 is 19.4 Å². The third-order valence-electron chi connectivity index (χ3n) is 12.3. The molecule has 9 nitrogen and oxygen atoms in total. The lowest BCUT2D eigenvalue weighted by molar-refractivity contribution is -0.870. The Kier molecular flexibility index (Phi) is 46.2. The number of ether oxygens (including phenoxy) is 1. The predicted molar refractivity (Wildman–Crippen MR) is 286 cm³/mol. The van der Waals surface area contributed by atoms with Crippen LogP contribution in [0, 0.1) is 0 Å². The number of allylic oxidation sites excluding steroid dienone is 7. The number of carbonyl (C=O) groups is 2. The average Bonchev–Trinajstić information content (AvgIpc) is 3.28. The first-order valence-electron chi connectivity index (χ1n) is 28.0. The van der Waals surface area contributed by atoms with E-state index in [-0.39, 0.29) is 31.5 Å². The molecule has 3 unspecified atom stereocenters. The van der Waals surface area contributed by atoms with Crippen LogP contribution in [-0.2, 0) is 27.9 Å². The Labute approximate surface area is 414 Å². The molecular formula is C57H108N2O7P+. The van der Waals surface area contributed by atoms with E-state index in [9.17, 15) is 19.0 Å². The van der Waals surface area contributed by atoms with Crippen molar-refractivity contribution in [1.29, 1.82) is 0 Å². The average molecular weight is 964 g/mol. The molecule has 0 aliphatic carbocycles. The minimum absolute atomic E-state index is 0.0371. The molecule has 0 aromatic heterocycles. The molecule has 392 valence electrons. The van der Waals surface area contributed by atoms with Gasteiger partial charge in [0, 0.05) is 12.8 Å². The third-order valence-corrected chi connectivity index (χ3v) is 13.3.